The van der Waals surface area contributed by atoms with Crippen LogP contribution in [0.5, 0.6) is 0 Å². The van der Waals surface area contributed by atoms with Gasteiger partial charge in [0.15, 0.2) is 5.72 Å². The van der Waals surface area contributed by atoms with Gasteiger partial charge in [0, 0.05) is 31.1 Å². The number of halogens is 4. The summed E-state index contributed by atoms with van der Waals surface area (Å²) in [6, 6.07) is 4.84. The van der Waals surface area contributed by atoms with Gasteiger partial charge in [-0.05, 0) is 37.3 Å². The summed E-state index contributed by atoms with van der Waals surface area (Å²) < 4.78 is 84.0. The zero-order chi connectivity index (χ0) is 24.6. The van der Waals surface area contributed by atoms with Gasteiger partial charge in [0.25, 0.3) is 5.91 Å². The van der Waals surface area contributed by atoms with Crippen LogP contribution in [0.4, 0.5) is 23.2 Å². The van der Waals surface area contributed by atoms with E-state index >= 15 is 0 Å². The Morgan fingerprint density at radius 1 is 1.33 bits per heavy atom. The third kappa shape index (κ3) is 4.90. The van der Waals surface area contributed by atoms with Crippen LogP contribution in [0, 0.1) is 11.2 Å². The van der Waals surface area contributed by atoms with Crippen molar-refractivity contribution in [3.05, 3.63) is 59.2 Å². The molecule has 178 valence electrons. The fourth-order valence-electron chi connectivity index (χ4n) is 3.15. The lowest BCUT2D eigenvalue weighted by Gasteiger charge is -2.42. The molecule has 3 N–H and O–H groups in total. The van der Waals surface area contributed by atoms with Crippen LogP contribution in [0.3, 0.4) is 0 Å². The summed E-state index contributed by atoms with van der Waals surface area (Å²) in [5.41, 5.74) is -3.59. The van der Waals surface area contributed by atoms with Crippen LogP contribution in [0.1, 0.15) is 28.5 Å². The van der Waals surface area contributed by atoms with E-state index in [1.165, 1.54) is 6.07 Å². The predicted molar refractivity (Wildman–Crippen MR) is 109 cm³/mol. The highest BCUT2D eigenvalue weighted by atomic mass is 32.2. The first kappa shape index (κ1) is 24.4. The van der Waals surface area contributed by atoms with Crippen molar-refractivity contribution in [2.45, 2.75) is 18.8 Å². The van der Waals surface area contributed by atoms with Crippen LogP contribution in [-0.2, 0) is 26.7 Å². The molecule has 1 aliphatic rings. The largest absolute Gasteiger partial charge is 0.417 e. The van der Waals surface area contributed by atoms with E-state index in [9.17, 15) is 30.8 Å². The minimum atomic E-state index is -4.61. The van der Waals surface area contributed by atoms with Crippen molar-refractivity contribution in [3.8, 4) is 0 Å². The maximum absolute atomic E-state index is 14.8. The van der Waals surface area contributed by atoms with E-state index in [-0.39, 0.29) is 23.6 Å². The highest BCUT2D eigenvalue weighted by molar-refractivity contribution is 7.89. The number of hydrogen-bond donors (Lipinski definition) is 3. The highest BCUT2D eigenvalue weighted by Crippen LogP contribution is 2.33. The molecule has 3 rings (SSSR count). The Balaban J connectivity index is 1.94. The molecule has 0 radical (unpaired) electrons. The molecule has 0 unspecified atom stereocenters. The number of carbonyl (C=O) groups is 1. The number of pyridine rings is 1. The van der Waals surface area contributed by atoms with Crippen molar-refractivity contribution < 1.29 is 35.5 Å². The number of amides is 1. The molecular weight excluding hydrogens is 470 g/mol. The summed E-state index contributed by atoms with van der Waals surface area (Å²) in [5, 5.41) is 12.9. The molecular formula is C19H19F4N5O4S. The third-order valence-electron chi connectivity index (χ3n) is 4.81. The van der Waals surface area contributed by atoms with Crippen molar-refractivity contribution in [1.29, 1.82) is 5.41 Å². The molecule has 33 heavy (non-hydrogen) atoms. The molecule has 1 amide bonds. The van der Waals surface area contributed by atoms with Gasteiger partial charge in [0.2, 0.25) is 16.0 Å². The Bertz CT molecular complexity index is 1190. The SMILES string of the molecule is CCO[C@@]1(c2cc(NC(=O)c3ccc(C(F)(F)F)cn3)ccc2F)CS(=O)(=O)N(C)C(=N)N1. The topological polar surface area (TPSA) is 124 Å². The maximum Gasteiger partial charge on any atom is 0.417 e. The Labute approximate surface area is 186 Å². The number of sulfonamides is 1. The second-order valence-corrected chi connectivity index (χ2v) is 9.04. The maximum atomic E-state index is 14.8. The van der Waals surface area contributed by atoms with Gasteiger partial charge in [-0.15, -0.1) is 0 Å². The van der Waals surface area contributed by atoms with E-state index in [2.05, 4.69) is 15.6 Å². The summed E-state index contributed by atoms with van der Waals surface area (Å²) >= 11 is 0. The van der Waals surface area contributed by atoms with Gasteiger partial charge in [0.05, 0.1) is 5.56 Å². The molecule has 1 saturated heterocycles. The number of hydrogen-bond acceptors (Lipinski definition) is 6. The lowest BCUT2D eigenvalue weighted by atomic mass is 10.0. The molecule has 9 nitrogen and oxygen atoms in total. The highest BCUT2D eigenvalue weighted by Gasteiger charge is 2.47. The Morgan fingerprint density at radius 2 is 2.03 bits per heavy atom. The number of ether oxygens (including phenoxy) is 1. The van der Waals surface area contributed by atoms with Gasteiger partial charge in [-0.2, -0.15) is 13.2 Å². The predicted octanol–water partition coefficient (Wildman–Crippen LogP) is 2.48. The normalized spacial score (nSPS) is 20.3. The summed E-state index contributed by atoms with van der Waals surface area (Å²) in [6.45, 7) is 1.52. The number of nitrogens with one attached hydrogen (secondary N) is 3. The fourth-order valence-corrected chi connectivity index (χ4v) is 4.49. The molecule has 1 atom stereocenters. The van der Waals surface area contributed by atoms with E-state index in [0.717, 1.165) is 25.2 Å². The van der Waals surface area contributed by atoms with E-state index < -0.39 is 50.9 Å². The average molecular weight is 489 g/mol. The summed E-state index contributed by atoms with van der Waals surface area (Å²) in [5.74, 6) is -3.02. The molecule has 1 aliphatic heterocycles. The molecule has 0 bridgehead atoms. The first-order chi connectivity index (χ1) is 15.3. The van der Waals surface area contributed by atoms with Gasteiger partial charge in [0.1, 0.15) is 17.3 Å². The second-order valence-electron chi connectivity index (χ2n) is 7.04. The van der Waals surface area contributed by atoms with Gasteiger partial charge < -0.3 is 15.4 Å². The molecule has 1 fully saturated rings. The Hall–Kier alpha value is -3.26. The number of anilines is 1. The first-order valence-corrected chi connectivity index (χ1v) is 11.0. The van der Waals surface area contributed by atoms with Gasteiger partial charge in [-0.3, -0.25) is 15.2 Å². The third-order valence-corrected chi connectivity index (χ3v) is 6.60. The molecule has 1 aromatic carbocycles. The van der Waals surface area contributed by atoms with E-state index in [1.807, 2.05) is 0 Å². The molecule has 1 aromatic heterocycles. The Morgan fingerprint density at radius 3 is 2.58 bits per heavy atom. The summed E-state index contributed by atoms with van der Waals surface area (Å²) in [6.07, 6.45) is -4.11. The van der Waals surface area contributed by atoms with Crippen molar-refractivity contribution in [3.63, 3.8) is 0 Å². The van der Waals surface area contributed by atoms with E-state index in [4.69, 9.17) is 10.1 Å². The van der Waals surface area contributed by atoms with Crippen LogP contribution < -0.4 is 10.6 Å². The van der Waals surface area contributed by atoms with Crippen LogP contribution in [0.25, 0.3) is 0 Å². The van der Waals surface area contributed by atoms with Crippen molar-refractivity contribution in [2.75, 3.05) is 24.7 Å². The second kappa shape index (κ2) is 8.59. The number of carbonyl (C=O) groups excluding carboxylic acids is 1. The monoisotopic (exact) mass is 489 g/mol. The molecule has 0 aliphatic carbocycles. The lowest BCUT2D eigenvalue weighted by molar-refractivity contribution is -0.137. The standard InChI is InChI=1S/C19H19F4N5O4S/c1-3-32-18(10-33(30,31)28(2)17(24)27-18)13-8-12(5-6-14(13)20)26-16(29)15-7-4-11(9-25-15)19(21,22)23/h4-9H,3,10H2,1-2H3,(H2,24,27)(H,26,29)/t18-/m1/s1. The lowest BCUT2D eigenvalue weighted by Crippen LogP contribution is -2.63. The smallest absolute Gasteiger partial charge is 0.350 e. The molecule has 0 spiro atoms. The number of nitrogens with zero attached hydrogens (tertiary/aromatic N) is 2. The molecule has 0 saturated carbocycles. The molecule has 14 heteroatoms. The Kier molecular flexibility index (Phi) is 6.35. The molecule has 2 aromatic rings. The number of benzene rings is 1. The van der Waals surface area contributed by atoms with Crippen molar-refractivity contribution in [2.24, 2.45) is 0 Å². The fraction of sp³-hybridized carbons (Fsp3) is 0.316. The van der Waals surface area contributed by atoms with E-state index in [1.54, 1.807) is 6.92 Å². The number of alkyl halides is 3. The minimum Gasteiger partial charge on any atom is -0.350 e. The molecule has 2 heterocycles. The van der Waals surface area contributed by atoms with Crippen molar-refractivity contribution >= 4 is 27.6 Å². The first-order valence-electron chi connectivity index (χ1n) is 9.41. The number of aromatic nitrogens is 1. The van der Waals surface area contributed by atoms with Crippen LogP contribution in [0.15, 0.2) is 36.5 Å². The van der Waals surface area contributed by atoms with Crippen LogP contribution >= 0.6 is 0 Å². The number of rotatable bonds is 5. The van der Waals surface area contributed by atoms with Crippen LogP contribution in [0.2, 0.25) is 0 Å². The van der Waals surface area contributed by atoms with E-state index in [0.29, 0.717) is 16.6 Å². The zero-order valence-corrected chi connectivity index (χ0v) is 18.1. The summed E-state index contributed by atoms with van der Waals surface area (Å²) in [4.78, 5) is 15.9. The van der Waals surface area contributed by atoms with Gasteiger partial charge >= 0.3 is 6.18 Å². The zero-order valence-electron chi connectivity index (χ0n) is 17.3. The van der Waals surface area contributed by atoms with Crippen molar-refractivity contribution in [1.82, 2.24) is 14.6 Å². The van der Waals surface area contributed by atoms with Gasteiger partial charge in [-0.1, -0.05) is 0 Å². The number of guanidine groups is 1. The van der Waals surface area contributed by atoms with Crippen LogP contribution in [-0.4, -0.2) is 49.0 Å². The quantitative estimate of drug-likeness (QED) is 0.555. The minimum absolute atomic E-state index is 0.00170. The van der Waals surface area contributed by atoms with Gasteiger partial charge in [-0.25, -0.2) is 17.1 Å². The average Bonchev–Trinajstić information content (AvgIpc) is 2.72. The summed E-state index contributed by atoms with van der Waals surface area (Å²) in [7, 11) is -2.88.